The summed E-state index contributed by atoms with van der Waals surface area (Å²) < 4.78 is 0. The first kappa shape index (κ1) is 20.9. The number of guanidine groups is 1. The third kappa shape index (κ3) is 7.19. The molecule has 0 radical (unpaired) electrons. The topological polar surface area (TPSA) is 56.7 Å². The van der Waals surface area contributed by atoms with Crippen molar-refractivity contribution in [3.8, 4) is 0 Å². The number of hydrogen-bond donors (Lipinski definition) is 3. The first-order valence-electron chi connectivity index (χ1n) is 7.98. The molecule has 0 saturated heterocycles. The van der Waals surface area contributed by atoms with E-state index in [-0.39, 0.29) is 24.0 Å². The number of aliphatic imine (C=N–C) groups is 1. The molecule has 1 unspecified atom stereocenters. The van der Waals surface area contributed by atoms with Gasteiger partial charge in [0.25, 0.3) is 0 Å². The Morgan fingerprint density at radius 1 is 1.21 bits per heavy atom. The summed E-state index contributed by atoms with van der Waals surface area (Å²) in [5, 5.41) is 18.9. The molecule has 4 nitrogen and oxygen atoms in total. The van der Waals surface area contributed by atoms with E-state index in [0.717, 1.165) is 31.0 Å². The van der Waals surface area contributed by atoms with Crippen LogP contribution in [0.1, 0.15) is 29.0 Å². The van der Waals surface area contributed by atoms with E-state index in [1.54, 1.807) is 11.3 Å². The maximum atomic E-state index is 10.2. The monoisotopic (exact) mass is 459 g/mol. The molecule has 0 aliphatic rings. The standard InChI is InChI=1S/C18H25N3OS.HI/c1-3-19-18(20-11-10-16-5-4-12-23-16)21-13-17(22)15-8-6-14(2)7-9-15;/h4-9,12,17,22H,3,10-11,13H2,1-2H3,(H2,19,20,21);1H. The van der Waals surface area contributed by atoms with Gasteiger partial charge in [0.05, 0.1) is 12.6 Å². The van der Waals surface area contributed by atoms with Crippen LogP contribution in [-0.4, -0.2) is 30.7 Å². The molecule has 0 saturated carbocycles. The van der Waals surface area contributed by atoms with Crippen LogP contribution in [0.3, 0.4) is 0 Å². The van der Waals surface area contributed by atoms with E-state index in [9.17, 15) is 5.11 Å². The minimum atomic E-state index is -0.580. The van der Waals surface area contributed by atoms with Gasteiger partial charge < -0.3 is 15.7 Å². The lowest BCUT2D eigenvalue weighted by Gasteiger charge is -2.13. The Balaban J connectivity index is 0.00000288. The van der Waals surface area contributed by atoms with E-state index in [0.29, 0.717) is 6.54 Å². The summed E-state index contributed by atoms with van der Waals surface area (Å²) >= 11 is 1.76. The van der Waals surface area contributed by atoms with Crippen LogP contribution in [0.4, 0.5) is 0 Å². The lowest BCUT2D eigenvalue weighted by molar-refractivity contribution is 0.187. The van der Waals surface area contributed by atoms with Crippen molar-refractivity contribution in [1.29, 1.82) is 0 Å². The molecule has 0 aliphatic heterocycles. The number of nitrogens with zero attached hydrogens (tertiary/aromatic N) is 1. The van der Waals surface area contributed by atoms with Crippen LogP contribution in [-0.2, 0) is 6.42 Å². The first-order valence-corrected chi connectivity index (χ1v) is 8.86. The van der Waals surface area contributed by atoms with E-state index in [1.807, 2.05) is 38.1 Å². The fourth-order valence-corrected chi connectivity index (χ4v) is 2.88. The zero-order valence-corrected chi connectivity index (χ0v) is 17.3. The summed E-state index contributed by atoms with van der Waals surface area (Å²) in [5.74, 6) is 0.746. The van der Waals surface area contributed by atoms with Crippen LogP contribution in [0.15, 0.2) is 46.8 Å². The summed E-state index contributed by atoms with van der Waals surface area (Å²) in [7, 11) is 0. The lowest BCUT2D eigenvalue weighted by Crippen LogP contribution is -2.38. The molecule has 1 aromatic heterocycles. The van der Waals surface area contributed by atoms with Crippen LogP contribution in [0.25, 0.3) is 0 Å². The molecule has 3 N–H and O–H groups in total. The van der Waals surface area contributed by atoms with Crippen molar-refractivity contribution in [3.05, 3.63) is 57.8 Å². The summed E-state index contributed by atoms with van der Waals surface area (Å²) in [6, 6.07) is 12.1. The maximum Gasteiger partial charge on any atom is 0.191 e. The highest BCUT2D eigenvalue weighted by Crippen LogP contribution is 2.13. The normalized spacial score (nSPS) is 12.4. The van der Waals surface area contributed by atoms with E-state index in [1.165, 1.54) is 10.4 Å². The smallest absolute Gasteiger partial charge is 0.191 e. The molecule has 1 heterocycles. The predicted molar refractivity (Wildman–Crippen MR) is 114 cm³/mol. The Kier molecular flexibility index (Phi) is 9.97. The molecule has 24 heavy (non-hydrogen) atoms. The van der Waals surface area contributed by atoms with Gasteiger partial charge in [-0.1, -0.05) is 35.9 Å². The lowest BCUT2D eigenvalue weighted by atomic mass is 10.1. The zero-order chi connectivity index (χ0) is 16.5. The van der Waals surface area contributed by atoms with Gasteiger partial charge in [0.2, 0.25) is 0 Å². The molecule has 6 heteroatoms. The summed E-state index contributed by atoms with van der Waals surface area (Å²) in [6.07, 6.45) is 0.395. The van der Waals surface area contributed by atoms with Crippen molar-refractivity contribution in [2.75, 3.05) is 19.6 Å². The van der Waals surface area contributed by atoms with Gasteiger partial charge in [-0.2, -0.15) is 0 Å². The predicted octanol–water partition coefficient (Wildman–Crippen LogP) is 3.51. The quantitative estimate of drug-likeness (QED) is 0.338. The van der Waals surface area contributed by atoms with Crippen LogP contribution >= 0.6 is 35.3 Å². The van der Waals surface area contributed by atoms with E-state index < -0.39 is 6.10 Å². The highest BCUT2D eigenvalue weighted by atomic mass is 127. The van der Waals surface area contributed by atoms with Crippen molar-refractivity contribution in [2.45, 2.75) is 26.4 Å². The maximum absolute atomic E-state index is 10.2. The average Bonchev–Trinajstić information content (AvgIpc) is 3.06. The minimum absolute atomic E-state index is 0. The van der Waals surface area contributed by atoms with Gasteiger partial charge in [-0.15, -0.1) is 35.3 Å². The number of thiophene rings is 1. The SMILES string of the molecule is CCNC(=NCC(O)c1ccc(C)cc1)NCCc1cccs1.I. The molecule has 0 spiro atoms. The number of aryl methyl sites for hydroxylation is 1. The van der Waals surface area contributed by atoms with Crippen molar-refractivity contribution < 1.29 is 5.11 Å². The second-order valence-corrected chi connectivity index (χ2v) is 6.43. The Morgan fingerprint density at radius 3 is 2.58 bits per heavy atom. The Hall–Kier alpha value is -1.12. The number of benzene rings is 1. The summed E-state index contributed by atoms with van der Waals surface area (Å²) in [5.41, 5.74) is 2.09. The highest BCUT2D eigenvalue weighted by molar-refractivity contribution is 14.0. The molecular formula is C18H26IN3OS. The van der Waals surface area contributed by atoms with E-state index >= 15 is 0 Å². The van der Waals surface area contributed by atoms with Gasteiger partial charge in [0, 0.05) is 18.0 Å². The molecule has 0 amide bonds. The molecule has 132 valence electrons. The van der Waals surface area contributed by atoms with Gasteiger partial charge in [-0.05, 0) is 37.3 Å². The summed E-state index contributed by atoms with van der Waals surface area (Å²) in [4.78, 5) is 5.83. The fraction of sp³-hybridized carbons (Fsp3) is 0.389. The van der Waals surface area contributed by atoms with Crippen molar-refractivity contribution >= 4 is 41.3 Å². The van der Waals surface area contributed by atoms with Gasteiger partial charge in [0.1, 0.15) is 0 Å². The Labute approximate surface area is 165 Å². The van der Waals surface area contributed by atoms with E-state index in [2.05, 4.69) is 33.1 Å². The van der Waals surface area contributed by atoms with Crippen molar-refractivity contribution in [3.63, 3.8) is 0 Å². The largest absolute Gasteiger partial charge is 0.386 e. The number of rotatable bonds is 7. The average molecular weight is 459 g/mol. The first-order chi connectivity index (χ1) is 11.2. The molecule has 0 aliphatic carbocycles. The molecule has 2 rings (SSSR count). The number of aliphatic hydroxyl groups excluding tert-OH is 1. The fourth-order valence-electron chi connectivity index (χ4n) is 2.17. The van der Waals surface area contributed by atoms with E-state index in [4.69, 9.17) is 0 Å². The van der Waals surface area contributed by atoms with Crippen LogP contribution < -0.4 is 10.6 Å². The van der Waals surface area contributed by atoms with Crippen LogP contribution in [0, 0.1) is 6.92 Å². The van der Waals surface area contributed by atoms with Gasteiger partial charge >= 0.3 is 0 Å². The molecule has 1 aromatic carbocycles. The number of halogens is 1. The van der Waals surface area contributed by atoms with Crippen molar-refractivity contribution in [1.82, 2.24) is 10.6 Å². The molecular weight excluding hydrogens is 433 g/mol. The highest BCUT2D eigenvalue weighted by Gasteiger charge is 2.07. The number of aliphatic hydroxyl groups is 1. The van der Waals surface area contributed by atoms with Crippen LogP contribution in [0.5, 0.6) is 0 Å². The molecule has 2 aromatic rings. The second kappa shape index (κ2) is 11.4. The molecule has 0 fully saturated rings. The number of hydrogen-bond acceptors (Lipinski definition) is 3. The second-order valence-electron chi connectivity index (χ2n) is 5.40. The number of nitrogens with one attached hydrogen (secondary N) is 2. The van der Waals surface area contributed by atoms with Crippen LogP contribution in [0.2, 0.25) is 0 Å². The molecule has 1 atom stereocenters. The Morgan fingerprint density at radius 2 is 1.96 bits per heavy atom. The third-order valence-corrected chi connectivity index (χ3v) is 4.41. The third-order valence-electron chi connectivity index (χ3n) is 3.47. The Bertz CT molecular complexity index is 599. The van der Waals surface area contributed by atoms with Gasteiger partial charge in [-0.3, -0.25) is 4.99 Å². The van der Waals surface area contributed by atoms with Gasteiger partial charge in [-0.25, -0.2) is 0 Å². The molecule has 0 bridgehead atoms. The zero-order valence-electron chi connectivity index (χ0n) is 14.2. The van der Waals surface area contributed by atoms with Gasteiger partial charge in [0.15, 0.2) is 5.96 Å². The van der Waals surface area contributed by atoms with Crippen molar-refractivity contribution in [2.24, 2.45) is 4.99 Å². The summed E-state index contributed by atoms with van der Waals surface area (Å²) in [6.45, 7) is 6.04. The minimum Gasteiger partial charge on any atom is -0.386 e.